The molecule has 2 atom stereocenters. The number of aromatic amines is 1. The summed E-state index contributed by atoms with van der Waals surface area (Å²) in [6.45, 7) is 2.54. The third kappa shape index (κ3) is 5.63. The van der Waals surface area contributed by atoms with Crippen molar-refractivity contribution in [2.24, 2.45) is 5.92 Å². The number of fused-ring (bicyclic) bond motifs is 1. The molecule has 0 radical (unpaired) electrons. The molecule has 0 spiro atoms. The number of hydrogen-bond donors (Lipinski definition) is 6. The number of aliphatic carboxylic acids is 2. The van der Waals surface area contributed by atoms with Crippen LogP contribution in [0.3, 0.4) is 0 Å². The highest BCUT2D eigenvalue weighted by atomic mass is 32.1. The van der Waals surface area contributed by atoms with E-state index in [4.69, 9.17) is 10.8 Å². The Morgan fingerprint density at radius 2 is 2.12 bits per heavy atom. The quantitative estimate of drug-likeness (QED) is 0.315. The molecule has 0 fully saturated rings. The Balaban J connectivity index is 1.60. The Hall–Kier alpha value is -3.41. The van der Waals surface area contributed by atoms with E-state index < -0.39 is 23.9 Å². The Morgan fingerprint density at radius 3 is 2.81 bits per heavy atom. The molecule has 0 bridgehead atoms. The van der Waals surface area contributed by atoms with Crippen LogP contribution in [0.15, 0.2) is 10.9 Å². The number of carboxylic acid groups (broad SMARTS) is 2. The topological polar surface area (TPSA) is 188 Å². The van der Waals surface area contributed by atoms with Crippen molar-refractivity contribution in [3.05, 3.63) is 37.3 Å². The summed E-state index contributed by atoms with van der Waals surface area (Å²) in [6, 6.07) is 0.440. The first-order valence-corrected chi connectivity index (χ1v) is 10.9. The molecule has 0 saturated heterocycles. The molecule has 0 saturated carbocycles. The van der Waals surface area contributed by atoms with Gasteiger partial charge in [0.15, 0.2) is 0 Å². The molecule has 2 aromatic heterocycles. The lowest BCUT2D eigenvalue weighted by Gasteiger charge is -2.24. The molecule has 3 rings (SSSR count). The minimum absolute atomic E-state index is 0.0767. The van der Waals surface area contributed by atoms with Crippen LogP contribution in [-0.2, 0) is 22.4 Å². The number of carbonyl (C=O) groups is 3. The molecule has 0 aliphatic carbocycles. The van der Waals surface area contributed by atoms with E-state index in [0.717, 1.165) is 16.9 Å². The van der Waals surface area contributed by atoms with Crippen LogP contribution < -0.4 is 21.9 Å². The van der Waals surface area contributed by atoms with Gasteiger partial charge in [0, 0.05) is 17.8 Å². The number of thiophene rings is 1. The highest BCUT2D eigenvalue weighted by Crippen LogP contribution is 2.28. The van der Waals surface area contributed by atoms with Gasteiger partial charge in [-0.15, -0.1) is 11.3 Å². The number of anilines is 2. The molecular formula is C20H25N5O6S. The van der Waals surface area contributed by atoms with Crippen molar-refractivity contribution in [1.29, 1.82) is 0 Å². The van der Waals surface area contributed by atoms with Crippen LogP contribution in [0.4, 0.5) is 11.8 Å². The minimum atomic E-state index is -1.27. The summed E-state index contributed by atoms with van der Waals surface area (Å²) in [5.74, 6) is -2.13. The number of aryl methyl sites for hydroxylation is 2. The number of carboxylic acids is 2. The van der Waals surface area contributed by atoms with Crippen molar-refractivity contribution < 1.29 is 24.6 Å². The normalized spacial score (nSPS) is 16.0. The van der Waals surface area contributed by atoms with Crippen molar-refractivity contribution in [2.75, 3.05) is 17.6 Å². The molecule has 12 heteroatoms. The number of H-pyrrole nitrogens is 1. The number of hydrogen-bond acceptors (Lipinski definition) is 8. The maximum atomic E-state index is 12.5. The summed E-state index contributed by atoms with van der Waals surface area (Å²) in [7, 11) is 0. The van der Waals surface area contributed by atoms with Crippen LogP contribution in [0.2, 0.25) is 0 Å². The van der Waals surface area contributed by atoms with Crippen LogP contribution in [0, 0.1) is 12.8 Å². The van der Waals surface area contributed by atoms with Crippen molar-refractivity contribution in [1.82, 2.24) is 15.3 Å². The van der Waals surface area contributed by atoms with Gasteiger partial charge in [-0.1, -0.05) is 0 Å². The van der Waals surface area contributed by atoms with E-state index in [0.29, 0.717) is 35.6 Å². The van der Waals surface area contributed by atoms with Gasteiger partial charge in [-0.2, -0.15) is 4.98 Å². The number of amides is 1. The molecule has 2 aromatic rings. The van der Waals surface area contributed by atoms with E-state index in [1.54, 1.807) is 6.07 Å². The molecule has 11 nitrogen and oxygen atoms in total. The van der Waals surface area contributed by atoms with E-state index in [9.17, 15) is 24.3 Å². The number of carbonyl (C=O) groups excluding carboxylic acids is 1. The maximum absolute atomic E-state index is 12.5. The van der Waals surface area contributed by atoms with Crippen LogP contribution in [0.25, 0.3) is 0 Å². The van der Waals surface area contributed by atoms with Gasteiger partial charge in [0.05, 0.1) is 10.4 Å². The molecular weight excluding hydrogens is 438 g/mol. The van der Waals surface area contributed by atoms with Crippen molar-refractivity contribution >= 4 is 40.9 Å². The van der Waals surface area contributed by atoms with Gasteiger partial charge in [-0.25, -0.2) is 4.79 Å². The van der Waals surface area contributed by atoms with Gasteiger partial charge >= 0.3 is 11.9 Å². The first-order chi connectivity index (χ1) is 15.1. The third-order valence-electron chi connectivity index (χ3n) is 5.36. The molecule has 172 valence electrons. The van der Waals surface area contributed by atoms with Crippen LogP contribution in [-0.4, -0.2) is 50.6 Å². The summed E-state index contributed by atoms with van der Waals surface area (Å²) < 4.78 is 0. The molecule has 0 unspecified atom stereocenters. The van der Waals surface area contributed by atoms with E-state index in [2.05, 4.69) is 20.6 Å². The second-order valence-corrected chi connectivity index (χ2v) is 8.92. The molecule has 1 aliphatic heterocycles. The van der Waals surface area contributed by atoms with Crippen molar-refractivity contribution in [2.45, 2.75) is 45.1 Å². The Bertz CT molecular complexity index is 1090. The fourth-order valence-corrected chi connectivity index (χ4v) is 4.72. The SMILES string of the molecule is Cc1cc(C(=O)N[C@@H](CCC(=O)O)C(=O)O)sc1CC[C@H]1CNc2nc(N)[nH]c(=O)c2C1. The largest absolute Gasteiger partial charge is 0.481 e. The number of aromatic nitrogens is 2. The second-order valence-electron chi connectivity index (χ2n) is 7.78. The highest BCUT2D eigenvalue weighted by molar-refractivity contribution is 7.14. The number of nitrogens with one attached hydrogen (secondary N) is 3. The smallest absolute Gasteiger partial charge is 0.326 e. The summed E-state index contributed by atoms with van der Waals surface area (Å²) in [5.41, 5.74) is 6.84. The number of rotatable bonds is 9. The Kier molecular flexibility index (Phi) is 7.13. The summed E-state index contributed by atoms with van der Waals surface area (Å²) in [5, 5.41) is 23.5. The van der Waals surface area contributed by atoms with Gasteiger partial charge in [-0.05, 0) is 50.2 Å². The lowest BCUT2D eigenvalue weighted by atomic mass is 9.92. The zero-order chi connectivity index (χ0) is 23.4. The summed E-state index contributed by atoms with van der Waals surface area (Å²) in [6.07, 6.45) is 1.52. The highest BCUT2D eigenvalue weighted by Gasteiger charge is 2.25. The van der Waals surface area contributed by atoms with E-state index in [1.165, 1.54) is 11.3 Å². The van der Waals surface area contributed by atoms with Gasteiger partial charge in [0.2, 0.25) is 5.95 Å². The predicted molar refractivity (Wildman–Crippen MR) is 118 cm³/mol. The van der Waals surface area contributed by atoms with Gasteiger partial charge in [0.25, 0.3) is 11.5 Å². The summed E-state index contributed by atoms with van der Waals surface area (Å²) in [4.78, 5) is 54.6. The average Bonchev–Trinajstić information content (AvgIpc) is 3.10. The van der Waals surface area contributed by atoms with Gasteiger partial charge < -0.3 is 26.6 Å². The van der Waals surface area contributed by atoms with Crippen molar-refractivity contribution in [3.63, 3.8) is 0 Å². The minimum Gasteiger partial charge on any atom is -0.481 e. The molecule has 1 aliphatic rings. The van der Waals surface area contributed by atoms with E-state index >= 15 is 0 Å². The fourth-order valence-electron chi connectivity index (χ4n) is 3.63. The summed E-state index contributed by atoms with van der Waals surface area (Å²) >= 11 is 1.29. The fraction of sp³-hybridized carbons (Fsp3) is 0.450. The van der Waals surface area contributed by atoms with Gasteiger partial charge in [0.1, 0.15) is 11.9 Å². The zero-order valence-corrected chi connectivity index (χ0v) is 18.3. The van der Waals surface area contributed by atoms with Gasteiger partial charge in [-0.3, -0.25) is 19.4 Å². The monoisotopic (exact) mass is 463 g/mol. The Labute approximate surface area is 187 Å². The van der Waals surface area contributed by atoms with Crippen molar-refractivity contribution in [3.8, 4) is 0 Å². The zero-order valence-electron chi connectivity index (χ0n) is 17.4. The number of nitrogens with zero attached hydrogens (tertiary/aromatic N) is 1. The lowest BCUT2D eigenvalue weighted by molar-refractivity contribution is -0.140. The maximum Gasteiger partial charge on any atom is 0.326 e. The third-order valence-corrected chi connectivity index (χ3v) is 6.65. The van der Waals surface area contributed by atoms with Crippen LogP contribution in [0.1, 0.15) is 44.9 Å². The molecule has 32 heavy (non-hydrogen) atoms. The standard InChI is InChI=1S/C20H25N5O6S/c1-9-6-14(18(29)23-12(19(30)31)3-5-15(26)27)32-13(9)4-2-10-7-11-16(22-8-10)24-20(21)25-17(11)28/h6,10,12H,2-5,7-8H2,1H3,(H,23,29)(H,26,27)(H,30,31)(H4,21,22,24,25,28)/t10-,12+/m1/s1. The molecule has 3 heterocycles. The second kappa shape index (κ2) is 9.81. The van der Waals surface area contributed by atoms with E-state index in [1.807, 2.05) is 6.92 Å². The lowest BCUT2D eigenvalue weighted by Crippen LogP contribution is -2.40. The first kappa shape index (κ1) is 23.3. The number of nitrogens with two attached hydrogens (primary N) is 1. The number of nitrogen functional groups attached to an aromatic ring is 1. The molecule has 1 amide bonds. The Morgan fingerprint density at radius 1 is 1.38 bits per heavy atom. The average molecular weight is 464 g/mol. The van der Waals surface area contributed by atoms with Crippen LogP contribution in [0.5, 0.6) is 0 Å². The molecule has 7 N–H and O–H groups in total. The van der Waals surface area contributed by atoms with E-state index in [-0.39, 0.29) is 30.3 Å². The predicted octanol–water partition coefficient (Wildman–Crippen LogP) is 0.987. The van der Waals surface area contributed by atoms with Crippen LogP contribution >= 0.6 is 11.3 Å². The molecule has 0 aromatic carbocycles. The first-order valence-electron chi connectivity index (χ1n) is 10.1.